The molecule has 1 unspecified atom stereocenters. The lowest BCUT2D eigenvalue weighted by atomic mass is 10.1. The summed E-state index contributed by atoms with van der Waals surface area (Å²) in [6.45, 7) is 1.98. The lowest BCUT2D eigenvalue weighted by Crippen LogP contribution is -2.10. The number of anilines is 1. The molecule has 0 aliphatic carbocycles. The van der Waals surface area contributed by atoms with Gasteiger partial charge in [-0.3, -0.25) is 0 Å². The molecule has 0 saturated carbocycles. The molecule has 1 aromatic carbocycles. The Morgan fingerprint density at radius 1 is 1.20 bits per heavy atom. The molecule has 0 aliphatic heterocycles. The molecule has 0 spiro atoms. The van der Waals surface area contributed by atoms with E-state index in [1.165, 1.54) is 4.63 Å². The Hall–Kier alpha value is -1.92. The fraction of sp³-hybridized carbons (Fsp3) is 0.167. The van der Waals surface area contributed by atoms with Crippen molar-refractivity contribution >= 4 is 34.7 Å². The largest absolute Gasteiger partial charge is 0.362 e. The van der Waals surface area contributed by atoms with E-state index in [1.807, 2.05) is 19.1 Å². The highest BCUT2D eigenvalue weighted by Crippen LogP contribution is 2.31. The molecular weight excluding hydrogens is 299 g/mol. The second-order valence-electron chi connectivity index (χ2n) is 4.25. The number of aromatic nitrogens is 5. The van der Waals surface area contributed by atoms with Crippen LogP contribution in [0.4, 0.5) is 5.82 Å². The summed E-state index contributed by atoms with van der Waals surface area (Å²) in [6, 6.07) is 9.07. The highest BCUT2D eigenvalue weighted by molar-refractivity contribution is 6.42. The average molecular weight is 309 g/mol. The van der Waals surface area contributed by atoms with Crippen molar-refractivity contribution in [1.82, 2.24) is 25.3 Å². The third-order valence-electron chi connectivity index (χ3n) is 2.88. The van der Waals surface area contributed by atoms with Crippen molar-refractivity contribution in [2.24, 2.45) is 0 Å². The number of rotatable bonds is 3. The monoisotopic (exact) mass is 308 g/mol. The first-order valence-corrected chi connectivity index (χ1v) is 6.66. The number of benzene rings is 1. The molecule has 0 amide bonds. The minimum absolute atomic E-state index is 0.0531. The van der Waals surface area contributed by atoms with Crippen LogP contribution < -0.4 is 5.32 Å². The van der Waals surface area contributed by atoms with Crippen molar-refractivity contribution in [3.05, 3.63) is 45.9 Å². The molecule has 20 heavy (non-hydrogen) atoms. The molecule has 0 fully saturated rings. The summed E-state index contributed by atoms with van der Waals surface area (Å²) < 4.78 is 1.36. The van der Waals surface area contributed by atoms with Crippen molar-refractivity contribution in [3.63, 3.8) is 0 Å². The molecule has 0 saturated heterocycles. The van der Waals surface area contributed by atoms with Gasteiger partial charge in [-0.15, -0.1) is 14.8 Å². The predicted octanol–water partition coefficient (Wildman–Crippen LogP) is 3.00. The van der Waals surface area contributed by atoms with E-state index in [-0.39, 0.29) is 6.04 Å². The van der Waals surface area contributed by atoms with Crippen molar-refractivity contribution in [2.75, 3.05) is 5.32 Å². The van der Waals surface area contributed by atoms with Crippen LogP contribution in [-0.2, 0) is 0 Å². The molecule has 102 valence electrons. The number of hydrogen-bond acceptors (Lipinski definition) is 5. The minimum Gasteiger partial charge on any atom is -0.362 e. The van der Waals surface area contributed by atoms with E-state index in [1.54, 1.807) is 18.2 Å². The fourth-order valence-electron chi connectivity index (χ4n) is 1.88. The number of fused-ring (bicyclic) bond motifs is 1. The van der Waals surface area contributed by atoms with Crippen molar-refractivity contribution in [2.45, 2.75) is 13.0 Å². The lowest BCUT2D eigenvalue weighted by Gasteiger charge is -2.16. The van der Waals surface area contributed by atoms with Gasteiger partial charge in [0.2, 0.25) is 0 Å². The number of nitrogens with zero attached hydrogens (tertiary/aromatic N) is 5. The summed E-state index contributed by atoms with van der Waals surface area (Å²) in [5.41, 5.74) is 1.49. The second kappa shape index (κ2) is 5.22. The maximum absolute atomic E-state index is 6.20. The number of nitrogens with one attached hydrogen (secondary N) is 1. The lowest BCUT2D eigenvalue weighted by molar-refractivity contribution is 0.728. The molecule has 1 atom stereocenters. The van der Waals surface area contributed by atoms with Crippen LogP contribution in [0.25, 0.3) is 5.65 Å². The van der Waals surface area contributed by atoms with Crippen LogP contribution in [0, 0.1) is 0 Å². The fourth-order valence-corrected chi connectivity index (χ4v) is 2.35. The summed E-state index contributed by atoms with van der Waals surface area (Å²) in [6.07, 6.45) is 0. The standard InChI is InChI=1S/C12H10Cl2N6/c1-7(8-3-2-4-9(13)12(8)14)15-10-5-6-11-16-18-19-20(11)17-10/h2-7H,1H3,(H,15,17). The van der Waals surface area contributed by atoms with E-state index < -0.39 is 0 Å². The normalized spacial score (nSPS) is 12.6. The first-order chi connectivity index (χ1) is 9.65. The maximum Gasteiger partial charge on any atom is 0.200 e. The van der Waals surface area contributed by atoms with Crippen LogP contribution in [0.2, 0.25) is 10.0 Å². The van der Waals surface area contributed by atoms with Crippen LogP contribution in [0.15, 0.2) is 30.3 Å². The van der Waals surface area contributed by atoms with E-state index in [4.69, 9.17) is 23.2 Å². The van der Waals surface area contributed by atoms with Gasteiger partial charge in [0.25, 0.3) is 0 Å². The predicted molar refractivity (Wildman–Crippen MR) is 77.1 cm³/mol. The summed E-state index contributed by atoms with van der Waals surface area (Å²) in [4.78, 5) is 0. The highest BCUT2D eigenvalue weighted by Gasteiger charge is 2.12. The minimum atomic E-state index is -0.0531. The SMILES string of the molecule is CC(Nc1ccc2nnnn2n1)c1cccc(Cl)c1Cl. The Labute approximate surface area is 124 Å². The van der Waals surface area contributed by atoms with Crippen LogP contribution in [0.3, 0.4) is 0 Å². The molecule has 8 heteroatoms. The van der Waals surface area contributed by atoms with Gasteiger partial charge in [-0.25, -0.2) is 0 Å². The zero-order valence-corrected chi connectivity index (χ0v) is 12.0. The Morgan fingerprint density at radius 2 is 2.05 bits per heavy atom. The van der Waals surface area contributed by atoms with Gasteiger partial charge in [-0.2, -0.15) is 0 Å². The van der Waals surface area contributed by atoms with Crippen molar-refractivity contribution in [1.29, 1.82) is 0 Å². The number of tetrazole rings is 1. The summed E-state index contributed by atoms with van der Waals surface area (Å²) in [7, 11) is 0. The zero-order chi connectivity index (χ0) is 14.1. The first kappa shape index (κ1) is 13.1. The summed E-state index contributed by atoms with van der Waals surface area (Å²) in [5, 5.41) is 19.6. The van der Waals surface area contributed by atoms with Gasteiger partial charge in [0.05, 0.1) is 16.1 Å². The molecule has 3 rings (SSSR count). The molecule has 0 radical (unpaired) electrons. The average Bonchev–Trinajstić information content (AvgIpc) is 2.89. The molecule has 1 N–H and O–H groups in total. The van der Waals surface area contributed by atoms with Gasteiger partial charge in [0.1, 0.15) is 5.82 Å². The van der Waals surface area contributed by atoms with E-state index in [2.05, 4.69) is 25.9 Å². The smallest absolute Gasteiger partial charge is 0.200 e. The second-order valence-corrected chi connectivity index (χ2v) is 5.04. The maximum atomic E-state index is 6.20. The summed E-state index contributed by atoms with van der Waals surface area (Å²) >= 11 is 12.2. The Kier molecular flexibility index (Phi) is 3.42. The van der Waals surface area contributed by atoms with Gasteiger partial charge in [0, 0.05) is 0 Å². The molecule has 0 aliphatic rings. The van der Waals surface area contributed by atoms with Crippen LogP contribution >= 0.6 is 23.2 Å². The van der Waals surface area contributed by atoms with Gasteiger partial charge in [-0.05, 0) is 41.1 Å². The zero-order valence-electron chi connectivity index (χ0n) is 10.5. The van der Waals surface area contributed by atoms with Crippen LogP contribution in [0.1, 0.15) is 18.5 Å². The van der Waals surface area contributed by atoms with Crippen molar-refractivity contribution in [3.8, 4) is 0 Å². The first-order valence-electron chi connectivity index (χ1n) is 5.91. The summed E-state index contributed by atoms with van der Waals surface area (Å²) in [5.74, 6) is 0.647. The van der Waals surface area contributed by atoms with E-state index in [0.29, 0.717) is 21.5 Å². The molecule has 0 bridgehead atoms. The van der Waals surface area contributed by atoms with E-state index >= 15 is 0 Å². The molecular formula is C12H10Cl2N6. The topological polar surface area (TPSA) is 68.0 Å². The molecule has 3 aromatic rings. The third kappa shape index (κ3) is 2.39. The van der Waals surface area contributed by atoms with Crippen LogP contribution in [-0.4, -0.2) is 25.3 Å². The highest BCUT2D eigenvalue weighted by atomic mass is 35.5. The third-order valence-corrected chi connectivity index (χ3v) is 3.72. The quantitative estimate of drug-likeness (QED) is 0.805. The van der Waals surface area contributed by atoms with E-state index in [0.717, 1.165) is 5.56 Å². The van der Waals surface area contributed by atoms with Gasteiger partial charge < -0.3 is 5.32 Å². The Balaban J connectivity index is 1.87. The van der Waals surface area contributed by atoms with E-state index in [9.17, 15) is 0 Å². The molecule has 2 aromatic heterocycles. The number of hydrogen-bond donors (Lipinski definition) is 1. The van der Waals surface area contributed by atoms with Crippen LogP contribution in [0.5, 0.6) is 0 Å². The van der Waals surface area contributed by atoms with Crippen molar-refractivity contribution < 1.29 is 0 Å². The number of halogens is 2. The van der Waals surface area contributed by atoms with Gasteiger partial charge in [0.15, 0.2) is 5.65 Å². The van der Waals surface area contributed by atoms with Gasteiger partial charge >= 0.3 is 0 Å². The molecule has 2 heterocycles. The Bertz CT molecular complexity index is 757. The van der Waals surface area contributed by atoms with Gasteiger partial charge in [-0.1, -0.05) is 35.3 Å². The Morgan fingerprint density at radius 3 is 2.90 bits per heavy atom. The molecule has 6 nitrogen and oxygen atoms in total.